The Morgan fingerprint density at radius 1 is 1.37 bits per heavy atom. The lowest BCUT2D eigenvalue weighted by molar-refractivity contribution is -0.128. The van der Waals surface area contributed by atoms with Gasteiger partial charge in [0.25, 0.3) is 0 Å². The molecule has 0 spiro atoms. The number of carbonyl (C=O) groups excluding carboxylic acids is 1. The number of unbranched alkanes of at least 4 members (excludes halogenated alkanes) is 3. The van der Waals surface area contributed by atoms with Crippen molar-refractivity contribution in [2.45, 2.75) is 49.7 Å². The van der Waals surface area contributed by atoms with Gasteiger partial charge in [-0.15, -0.1) is 11.8 Å². The minimum atomic E-state index is 0.132. The van der Waals surface area contributed by atoms with Crippen LogP contribution in [-0.4, -0.2) is 28.1 Å². The van der Waals surface area contributed by atoms with Crippen LogP contribution in [-0.2, 0) is 4.79 Å². The summed E-state index contributed by atoms with van der Waals surface area (Å²) in [4.78, 5) is 18.3. The maximum atomic E-state index is 12.2. The smallest absolute Gasteiger partial charge is 0.236 e. The van der Waals surface area contributed by atoms with Gasteiger partial charge >= 0.3 is 0 Å². The van der Waals surface area contributed by atoms with Gasteiger partial charge in [-0.2, -0.15) is 0 Å². The monoisotopic (exact) mass is 278 g/mol. The van der Waals surface area contributed by atoms with E-state index in [4.69, 9.17) is 0 Å². The molecule has 104 valence electrons. The molecule has 2 heterocycles. The Morgan fingerprint density at radius 3 is 2.89 bits per heavy atom. The normalized spacial score (nSPS) is 23.1. The molecule has 4 heteroatoms. The van der Waals surface area contributed by atoms with Crippen LogP contribution in [0.5, 0.6) is 0 Å². The first kappa shape index (κ1) is 14.4. The summed E-state index contributed by atoms with van der Waals surface area (Å²) >= 11 is 1.77. The zero-order chi connectivity index (χ0) is 13.7. The molecule has 1 aliphatic rings. The van der Waals surface area contributed by atoms with Gasteiger partial charge in [-0.25, -0.2) is 0 Å². The molecule has 0 saturated carbocycles. The predicted octanol–water partition coefficient (Wildman–Crippen LogP) is 3.62. The maximum Gasteiger partial charge on any atom is 0.236 e. The molecule has 1 aliphatic heterocycles. The van der Waals surface area contributed by atoms with Crippen LogP contribution in [0.2, 0.25) is 0 Å². The molecule has 0 N–H and O–H groups in total. The molecule has 0 bridgehead atoms. The summed E-state index contributed by atoms with van der Waals surface area (Å²) in [5, 5.41) is 0.268. The minimum Gasteiger partial charge on any atom is -0.329 e. The van der Waals surface area contributed by atoms with Crippen LogP contribution in [0.25, 0.3) is 0 Å². The van der Waals surface area contributed by atoms with Gasteiger partial charge in [0, 0.05) is 25.0 Å². The van der Waals surface area contributed by atoms with Gasteiger partial charge in [0.1, 0.15) is 5.37 Å². The summed E-state index contributed by atoms with van der Waals surface area (Å²) < 4.78 is 0. The third-order valence-electron chi connectivity index (χ3n) is 3.56. The van der Waals surface area contributed by atoms with E-state index in [-0.39, 0.29) is 16.5 Å². The standard InChI is InChI=1S/C15H22N2OS/c1-3-4-5-6-9-13-14(18)17(2)15(19-13)12-8-7-10-16-11-12/h7-8,10-11,13,15H,3-6,9H2,1-2H3/t13-,15-/m1/s1. The fraction of sp³-hybridized carbons (Fsp3) is 0.600. The van der Waals surface area contributed by atoms with Crippen molar-refractivity contribution in [1.82, 2.24) is 9.88 Å². The van der Waals surface area contributed by atoms with Crippen molar-refractivity contribution >= 4 is 17.7 Å². The molecule has 2 atom stereocenters. The highest BCUT2D eigenvalue weighted by Gasteiger charge is 2.38. The van der Waals surface area contributed by atoms with Crippen molar-refractivity contribution in [2.75, 3.05) is 7.05 Å². The number of aromatic nitrogens is 1. The van der Waals surface area contributed by atoms with E-state index in [2.05, 4.69) is 11.9 Å². The second-order valence-electron chi connectivity index (χ2n) is 5.06. The first-order valence-corrected chi connectivity index (χ1v) is 8.00. The van der Waals surface area contributed by atoms with Crippen LogP contribution in [0, 0.1) is 0 Å². The van der Waals surface area contributed by atoms with E-state index in [0.29, 0.717) is 0 Å². The first-order valence-electron chi connectivity index (χ1n) is 7.06. The summed E-state index contributed by atoms with van der Waals surface area (Å²) in [7, 11) is 1.90. The Balaban J connectivity index is 1.93. The highest BCUT2D eigenvalue weighted by molar-refractivity contribution is 8.01. The largest absolute Gasteiger partial charge is 0.329 e. The third kappa shape index (κ3) is 3.50. The van der Waals surface area contributed by atoms with Crippen molar-refractivity contribution in [3.63, 3.8) is 0 Å². The van der Waals surface area contributed by atoms with Crippen molar-refractivity contribution in [1.29, 1.82) is 0 Å². The van der Waals surface area contributed by atoms with Gasteiger partial charge in [0.2, 0.25) is 5.91 Å². The molecule has 1 saturated heterocycles. The summed E-state index contributed by atoms with van der Waals surface area (Å²) in [6, 6.07) is 3.98. The van der Waals surface area contributed by atoms with Crippen molar-refractivity contribution in [3.8, 4) is 0 Å². The average molecular weight is 278 g/mol. The highest BCUT2D eigenvalue weighted by atomic mass is 32.2. The summed E-state index contributed by atoms with van der Waals surface area (Å²) in [6.45, 7) is 2.21. The SMILES string of the molecule is CCCCCC[C@H]1S[C@H](c2cccnc2)N(C)C1=O. The van der Waals surface area contributed by atoms with E-state index >= 15 is 0 Å². The van der Waals surface area contributed by atoms with Gasteiger partial charge in [0.05, 0.1) is 5.25 Å². The van der Waals surface area contributed by atoms with Gasteiger partial charge < -0.3 is 4.90 Å². The Bertz CT molecular complexity index is 410. The topological polar surface area (TPSA) is 33.2 Å². The zero-order valence-electron chi connectivity index (χ0n) is 11.7. The highest BCUT2D eigenvalue weighted by Crippen LogP contribution is 2.43. The van der Waals surface area contributed by atoms with Gasteiger partial charge in [-0.3, -0.25) is 9.78 Å². The molecule has 0 radical (unpaired) electrons. The number of hydrogen-bond donors (Lipinski definition) is 0. The molecule has 0 aliphatic carbocycles. The molecule has 2 rings (SSSR count). The summed E-state index contributed by atoms with van der Waals surface area (Å²) in [6.07, 6.45) is 9.54. The zero-order valence-corrected chi connectivity index (χ0v) is 12.5. The summed E-state index contributed by atoms with van der Waals surface area (Å²) in [5.41, 5.74) is 1.12. The van der Waals surface area contributed by atoms with Crippen molar-refractivity contribution in [2.24, 2.45) is 0 Å². The summed E-state index contributed by atoms with van der Waals surface area (Å²) in [5.74, 6) is 0.273. The molecule has 1 fully saturated rings. The lowest BCUT2D eigenvalue weighted by Gasteiger charge is -2.18. The van der Waals surface area contributed by atoms with E-state index < -0.39 is 0 Å². The predicted molar refractivity (Wildman–Crippen MR) is 79.9 cm³/mol. The first-order chi connectivity index (χ1) is 9.24. The van der Waals surface area contributed by atoms with Crippen molar-refractivity contribution < 1.29 is 4.79 Å². The fourth-order valence-corrected chi connectivity index (χ4v) is 3.90. The molecule has 1 aromatic heterocycles. The van der Waals surface area contributed by atoms with Gasteiger partial charge in [-0.1, -0.05) is 38.7 Å². The van der Waals surface area contributed by atoms with Crippen LogP contribution in [0.15, 0.2) is 24.5 Å². The number of nitrogens with zero attached hydrogens (tertiary/aromatic N) is 2. The van der Waals surface area contributed by atoms with E-state index in [1.54, 1.807) is 18.0 Å². The van der Waals surface area contributed by atoms with E-state index in [1.165, 1.54) is 19.3 Å². The second kappa shape index (κ2) is 6.94. The third-order valence-corrected chi connectivity index (χ3v) is 5.17. The molecular formula is C15H22N2OS. The average Bonchev–Trinajstić information content (AvgIpc) is 2.73. The number of carbonyl (C=O) groups is 1. The minimum absolute atomic E-state index is 0.132. The molecule has 1 amide bonds. The van der Waals surface area contributed by atoms with E-state index in [0.717, 1.165) is 18.4 Å². The van der Waals surface area contributed by atoms with E-state index in [9.17, 15) is 4.79 Å². The molecule has 1 aromatic rings. The fourth-order valence-electron chi connectivity index (χ4n) is 2.42. The number of pyridine rings is 1. The number of thioether (sulfide) groups is 1. The lowest BCUT2D eigenvalue weighted by atomic mass is 10.1. The van der Waals surface area contributed by atoms with Crippen molar-refractivity contribution in [3.05, 3.63) is 30.1 Å². The molecule has 0 aromatic carbocycles. The van der Waals surface area contributed by atoms with Crippen LogP contribution < -0.4 is 0 Å². The Labute approximate surface area is 119 Å². The van der Waals surface area contributed by atoms with Gasteiger partial charge in [-0.05, 0) is 12.5 Å². The van der Waals surface area contributed by atoms with Gasteiger partial charge in [0.15, 0.2) is 0 Å². The van der Waals surface area contributed by atoms with Crippen LogP contribution >= 0.6 is 11.8 Å². The van der Waals surface area contributed by atoms with Crippen LogP contribution in [0.1, 0.15) is 50.0 Å². The molecule has 19 heavy (non-hydrogen) atoms. The maximum absolute atomic E-state index is 12.2. The Morgan fingerprint density at radius 2 is 2.21 bits per heavy atom. The Hall–Kier alpha value is -1.03. The number of rotatable bonds is 6. The molecular weight excluding hydrogens is 256 g/mol. The van der Waals surface area contributed by atoms with E-state index in [1.807, 2.05) is 30.3 Å². The van der Waals surface area contributed by atoms with Crippen LogP contribution in [0.3, 0.4) is 0 Å². The lowest BCUT2D eigenvalue weighted by Crippen LogP contribution is -2.27. The molecule has 3 nitrogen and oxygen atoms in total. The Kier molecular flexibility index (Phi) is 5.25. The number of hydrogen-bond acceptors (Lipinski definition) is 3. The number of amides is 1. The quantitative estimate of drug-likeness (QED) is 0.745. The second-order valence-corrected chi connectivity index (χ2v) is 6.35. The molecule has 0 unspecified atom stereocenters. The van der Waals surface area contributed by atoms with Crippen LogP contribution in [0.4, 0.5) is 0 Å².